The Morgan fingerprint density at radius 1 is 0.903 bits per heavy atom. The number of carbonyl (C=O) groups excluding carboxylic acids is 2. The van der Waals surface area contributed by atoms with E-state index in [2.05, 4.69) is 0 Å². The number of piperazine rings is 1. The smallest absolute Gasteiger partial charge is 0.255 e. The van der Waals surface area contributed by atoms with Crippen LogP contribution >= 0.6 is 11.6 Å². The van der Waals surface area contributed by atoms with Crippen molar-refractivity contribution < 1.29 is 19.1 Å². The molecule has 4 rings (SSSR count). The first-order chi connectivity index (χ1) is 15.0. The molecule has 1 heterocycles. The molecule has 0 unspecified atom stereocenters. The van der Waals surface area contributed by atoms with Gasteiger partial charge in [0.2, 0.25) is 5.91 Å². The molecule has 1 atom stereocenters. The number of hydrogen-bond acceptors (Lipinski definition) is 4. The second kappa shape index (κ2) is 8.70. The number of halogens is 1. The third-order valence-electron chi connectivity index (χ3n) is 5.22. The van der Waals surface area contributed by atoms with Gasteiger partial charge in [0, 0.05) is 16.8 Å². The first-order valence-corrected chi connectivity index (χ1v) is 10.1. The van der Waals surface area contributed by atoms with Gasteiger partial charge < -0.3 is 9.47 Å². The van der Waals surface area contributed by atoms with E-state index in [-0.39, 0.29) is 18.4 Å². The molecule has 0 bridgehead atoms. The minimum atomic E-state index is -0.834. The number of rotatable bonds is 5. The number of carbonyl (C=O) groups is 2. The first-order valence-electron chi connectivity index (χ1n) is 9.69. The highest BCUT2D eigenvalue weighted by molar-refractivity contribution is 6.30. The van der Waals surface area contributed by atoms with Gasteiger partial charge >= 0.3 is 0 Å². The summed E-state index contributed by atoms with van der Waals surface area (Å²) in [5.74, 6) is 0.578. The zero-order valence-electron chi connectivity index (χ0n) is 17.1. The lowest BCUT2D eigenvalue weighted by Gasteiger charge is -2.40. The molecule has 1 aliphatic rings. The Kier molecular flexibility index (Phi) is 5.82. The van der Waals surface area contributed by atoms with E-state index < -0.39 is 6.04 Å². The van der Waals surface area contributed by atoms with Crippen LogP contribution < -0.4 is 19.3 Å². The van der Waals surface area contributed by atoms with Gasteiger partial charge in [-0.3, -0.25) is 19.4 Å². The minimum Gasteiger partial charge on any atom is -0.497 e. The monoisotopic (exact) mass is 436 g/mol. The van der Waals surface area contributed by atoms with Gasteiger partial charge in [-0.1, -0.05) is 41.9 Å². The average Bonchev–Trinajstić information content (AvgIpc) is 2.81. The summed E-state index contributed by atoms with van der Waals surface area (Å²) in [7, 11) is 3.07. The fourth-order valence-corrected chi connectivity index (χ4v) is 3.85. The predicted octanol–water partition coefficient (Wildman–Crippen LogP) is 4.48. The van der Waals surface area contributed by atoms with Crippen LogP contribution in [0.25, 0.3) is 0 Å². The number of nitrogens with zero attached hydrogens (tertiary/aromatic N) is 2. The van der Waals surface area contributed by atoms with E-state index in [0.717, 1.165) is 0 Å². The Morgan fingerprint density at radius 3 is 2.26 bits per heavy atom. The van der Waals surface area contributed by atoms with E-state index in [1.807, 2.05) is 30.3 Å². The zero-order chi connectivity index (χ0) is 22.0. The Labute approximate surface area is 185 Å². The topological polar surface area (TPSA) is 59.1 Å². The summed E-state index contributed by atoms with van der Waals surface area (Å²) in [6.45, 7) is -0.131. The van der Waals surface area contributed by atoms with Gasteiger partial charge in [-0.2, -0.15) is 0 Å². The van der Waals surface area contributed by atoms with Crippen LogP contribution in [-0.4, -0.2) is 32.6 Å². The maximum absolute atomic E-state index is 13.8. The van der Waals surface area contributed by atoms with Crippen molar-refractivity contribution in [2.75, 3.05) is 30.6 Å². The van der Waals surface area contributed by atoms with Crippen molar-refractivity contribution >= 4 is 34.8 Å². The number of anilines is 2. The lowest BCUT2D eigenvalue weighted by Crippen LogP contribution is -2.56. The highest BCUT2D eigenvalue weighted by Crippen LogP contribution is 2.39. The Morgan fingerprint density at radius 2 is 1.61 bits per heavy atom. The largest absolute Gasteiger partial charge is 0.497 e. The minimum absolute atomic E-state index is 0.131. The average molecular weight is 437 g/mol. The molecule has 0 aliphatic carbocycles. The van der Waals surface area contributed by atoms with Gasteiger partial charge in [-0.25, -0.2) is 0 Å². The molecule has 0 N–H and O–H groups in total. The third kappa shape index (κ3) is 3.94. The molecule has 0 spiro atoms. The number of methoxy groups -OCH3 is 2. The molecule has 31 heavy (non-hydrogen) atoms. The van der Waals surface area contributed by atoms with Gasteiger partial charge in [0.1, 0.15) is 24.1 Å². The second-order valence-corrected chi connectivity index (χ2v) is 7.45. The molecule has 2 amide bonds. The summed E-state index contributed by atoms with van der Waals surface area (Å²) in [6.07, 6.45) is 0. The van der Waals surface area contributed by atoms with E-state index in [9.17, 15) is 9.59 Å². The molecule has 7 heteroatoms. The van der Waals surface area contributed by atoms with Crippen LogP contribution in [0.15, 0.2) is 72.8 Å². The molecular weight excluding hydrogens is 416 g/mol. The Bertz CT molecular complexity index is 1100. The van der Waals surface area contributed by atoms with Crippen molar-refractivity contribution in [3.05, 3.63) is 83.4 Å². The van der Waals surface area contributed by atoms with Crippen LogP contribution in [0.5, 0.6) is 11.5 Å². The van der Waals surface area contributed by atoms with Crippen LogP contribution in [0.2, 0.25) is 5.02 Å². The summed E-state index contributed by atoms with van der Waals surface area (Å²) in [6, 6.07) is 20.4. The van der Waals surface area contributed by atoms with Crippen molar-refractivity contribution in [3.8, 4) is 11.5 Å². The third-order valence-corrected chi connectivity index (χ3v) is 5.47. The van der Waals surface area contributed by atoms with Crippen LogP contribution in [0, 0.1) is 0 Å². The molecule has 0 radical (unpaired) electrons. The molecule has 3 aromatic rings. The fourth-order valence-electron chi connectivity index (χ4n) is 3.72. The summed E-state index contributed by atoms with van der Waals surface area (Å²) < 4.78 is 10.8. The number of amides is 2. The van der Waals surface area contributed by atoms with Crippen LogP contribution in [0.1, 0.15) is 11.6 Å². The lowest BCUT2D eigenvalue weighted by molar-refractivity contribution is -0.128. The van der Waals surface area contributed by atoms with Gasteiger partial charge in [-0.05, 0) is 42.0 Å². The molecule has 1 fully saturated rings. The molecule has 0 aromatic heterocycles. The maximum atomic E-state index is 13.8. The normalized spacial score (nSPS) is 16.4. The van der Waals surface area contributed by atoms with Crippen LogP contribution in [0.4, 0.5) is 11.4 Å². The van der Waals surface area contributed by atoms with Gasteiger partial charge in [0.05, 0.1) is 19.9 Å². The summed E-state index contributed by atoms with van der Waals surface area (Å²) in [4.78, 5) is 30.2. The Balaban J connectivity index is 1.83. The quantitative estimate of drug-likeness (QED) is 0.591. The lowest BCUT2D eigenvalue weighted by atomic mass is 9.99. The SMILES string of the molecule is COc1ccc(OC)c(N2CC(=O)N(c3ccc(Cl)cc3)[C@@H](c3ccccc3)C2=O)c1. The summed E-state index contributed by atoms with van der Waals surface area (Å²) in [5.41, 5.74) is 1.80. The van der Waals surface area contributed by atoms with E-state index in [1.54, 1.807) is 49.6 Å². The zero-order valence-corrected chi connectivity index (χ0v) is 17.9. The number of hydrogen-bond donors (Lipinski definition) is 0. The highest BCUT2D eigenvalue weighted by Gasteiger charge is 2.42. The maximum Gasteiger partial charge on any atom is 0.255 e. The molecule has 0 saturated carbocycles. The van der Waals surface area contributed by atoms with E-state index in [0.29, 0.717) is 33.5 Å². The van der Waals surface area contributed by atoms with E-state index in [4.69, 9.17) is 21.1 Å². The number of ether oxygens (including phenoxy) is 2. The second-order valence-electron chi connectivity index (χ2n) is 7.02. The molecule has 1 aliphatic heterocycles. The van der Waals surface area contributed by atoms with E-state index in [1.165, 1.54) is 16.9 Å². The van der Waals surface area contributed by atoms with Crippen molar-refractivity contribution in [3.63, 3.8) is 0 Å². The molecule has 6 nitrogen and oxygen atoms in total. The summed E-state index contributed by atoms with van der Waals surface area (Å²) in [5, 5.41) is 0.554. The first kappa shape index (κ1) is 20.8. The van der Waals surface area contributed by atoms with Crippen molar-refractivity contribution in [1.82, 2.24) is 0 Å². The van der Waals surface area contributed by atoms with Crippen molar-refractivity contribution in [1.29, 1.82) is 0 Å². The fraction of sp³-hybridized carbons (Fsp3) is 0.167. The molecule has 1 saturated heterocycles. The van der Waals surface area contributed by atoms with E-state index >= 15 is 0 Å². The molecular formula is C24H21ClN2O4. The standard InChI is InChI=1S/C24H21ClN2O4/c1-30-19-12-13-21(31-2)20(14-19)26-15-22(28)27(18-10-8-17(25)9-11-18)23(24(26)29)16-6-4-3-5-7-16/h3-14,23H,15H2,1-2H3/t23-/m0/s1. The van der Waals surface area contributed by atoms with Gasteiger partial charge in [-0.15, -0.1) is 0 Å². The number of benzene rings is 3. The molecule has 158 valence electrons. The van der Waals surface area contributed by atoms with Crippen LogP contribution in [0.3, 0.4) is 0 Å². The molecule has 3 aromatic carbocycles. The van der Waals surface area contributed by atoms with Gasteiger partial charge in [0.15, 0.2) is 0 Å². The van der Waals surface area contributed by atoms with Crippen molar-refractivity contribution in [2.45, 2.75) is 6.04 Å². The van der Waals surface area contributed by atoms with Crippen LogP contribution in [-0.2, 0) is 9.59 Å². The predicted molar refractivity (Wildman–Crippen MR) is 120 cm³/mol. The Hall–Kier alpha value is -3.51. The van der Waals surface area contributed by atoms with Gasteiger partial charge in [0.25, 0.3) is 5.91 Å². The van der Waals surface area contributed by atoms with Crippen molar-refractivity contribution in [2.24, 2.45) is 0 Å². The summed E-state index contributed by atoms with van der Waals surface area (Å²) >= 11 is 6.03. The highest BCUT2D eigenvalue weighted by atomic mass is 35.5.